The van der Waals surface area contributed by atoms with Gasteiger partial charge in [0, 0.05) is 10.0 Å². The minimum Gasteiger partial charge on any atom is -0.413 e. The summed E-state index contributed by atoms with van der Waals surface area (Å²) in [5.74, 6) is -0.0265. The number of benzene rings is 2. The molecule has 2 rings (SSSR count). The van der Waals surface area contributed by atoms with Gasteiger partial charge in [0.15, 0.2) is 11.5 Å². The molecule has 0 unspecified atom stereocenters. The van der Waals surface area contributed by atoms with Crippen LogP contribution < -0.4 is 9.05 Å². The molecule has 0 aliphatic carbocycles. The van der Waals surface area contributed by atoms with Gasteiger partial charge in [0.1, 0.15) is 0 Å². The van der Waals surface area contributed by atoms with Crippen LogP contribution in [0.2, 0.25) is 30.1 Å². The van der Waals surface area contributed by atoms with Gasteiger partial charge in [0.05, 0.1) is 26.3 Å². The topological polar surface area (TPSA) is 35.5 Å². The first-order chi connectivity index (χ1) is 12.0. The number of hydrogen-bond donors (Lipinski definition) is 0. The van der Waals surface area contributed by atoms with Crippen molar-refractivity contribution in [2.24, 2.45) is 5.92 Å². The summed E-state index contributed by atoms with van der Waals surface area (Å²) in [4.78, 5) is 0. The lowest BCUT2D eigenvalue weighted by molar-refractivity contribution is 0.379. The first-order valence-corrected chi connectivity index (χ1v) is 11.3. The Morgan fingerprint density at radius 2 is 1.08 bits per heavy atom. The van der Waals surface area contributed by atoms with E-state index in [4.69, 9.17) is 78.7 Å². The predicted molar refractivity (Wildman–Crippen MR) is 112 cm³/mol. The molecule has 10 heteroatoms. The summed E-state index contributed by atoms with van der Waals surface area (Å²) in [6.07, 6.45) is 0.0670. The van der Waals surface area contributed by atoms with E-state index >= 15 is 0 Å². The van der Waals surface area contributed by atoms with Crippen molar-refractivity contribution in [1.82, 2.24) is 0 Å². The summed E-state index contributed by atoms with van der Waals surface area (Å²) < 4.78 is 24.7. The van der Waals surface area contributed by atoms with Gasteiger partial charge in [-0.2, -0.15) is 0 Å². The Kier molecular flexibility index (Phi) is 7.73. The van der Waals surface area contributed by atoms with E-state index in [2.05, 4.69) is 0 Å². The molecule has 0 aliphatic rings. The maximum absolute atomic E-state index is 13.4. The third-order valence-electron chi connectivity index (χ3n) is 2.98. The van der Waals surface area contributed by atoms with Crippen LogP contribution in [0.1, 0.15) is 13.8 Å². The van der Waals surface area contributed by atoms with Gasteiger partial charge in [-0.05, 0) is 30.2 Å². The highest BCUT2D eigenvalue weighted by molar-refractivity contribution is 7.54. The van der Waals surface area contributed by atoms with Crippen molar-refractivity contribution in [2.75, 3.05) is 6.16 Å². The smallest absolute Gasteiger partial charge is 0.413 e. The van der Waals surface area contributed by atoms with Gasteiger partial charge in [-0.3, -0.25) is 0 Å². The van der Waals surface area contributed by atoms with Crippen LogP contribution in [0.3, 0.4) is 0 Å². The van der Waals surface area contributed by atoms with Crippen LogP contribution in [-0.4, -0.2) is 6.16 Å². The summed E-state index contributed by atoms with van der Waals surface area (Å²) >= 11 is 36.3. The third-order valence-corrected chi connectivity index (χ3v) is 6.63. The molecule has 142 valence electrons. The molecule has 26 heavy (non-hydrogen) atoms. The Hall–Kier alpha value is 0.01000. The van der Waals surface area contributed by atoms with Crippen molar-refractivity contribution in [3.63, 3.8) is 0 Å². The van der Waals surface area contributed by atoms with Crippen LogP contribution in [0.25, 0.3) is 0 Å². The average Bonchev–Trinajstić information content (AvgIpc) is 2.46. The monoisotopic (exact) mass is 494 g/mol. The third kappa shape index (κ3) is 5.75. The Bertz CT molecular complexity index is 762. The van der Waals surface area contributed by atoms with E-state index in [0.29, 0.717) is 10.0 Å². The Balaban J connectivity index is 2.46. The Morgan fingerprint density at radius 1 is 0.769 bits per heavy atom. The normalized spacial score (nSPS) is 11.7. The summed E-state index contributed by atoms with van der Waals surface area (Å²) in [5, 5.41) is 1.03. The van der Waals surface area contributed by atoms with E-state index in [1.807, 2.05) is 13.8 Å². The van der Waals surface area contributed by atoms with E-state index in [-0.39, 0.29) is 43.7 Å². The van der Waals surface area contributed by atoms with Crippen molar-refractivity contribution < 1.29 is 13.6 Å². The zero-order valence-electron chi connectivity index (χ0n) is 13.5. The second-order valence-electron chi connectivity index (χ2n) is 5.77. The lowest BCUT2D eigenvalue weighted by Gasteiger charge is -2.23. The molecule has 0 N–H and O–H groups in total. The van der Waals surface area contributed by atoms with Crippen LogP contribution in [-0.2, 0) is 4.57 Å². The fourth-order valence-corrected chi connectivity index (χ4v) is 6.08. The average molecular weight is 497 g/mol. The molecule has 0 amide bonds. The van der Waals surface area contributed by atoms with E-state index in [1.165, 1.54) is 24.3 Å². The maximum atomic E-state index is 13.4. The van der Waals surface area contributed by atoms with E-state index in [9.17, 15) is 4.57 Å². The molecule has 0 aliphatic heterocycles. The first-order valence-electron chi connectivity index (χ1n) is 7.28. The second kappa shape index (κ2) is 9.01. The molecule has 0 aromatic heterocycles. The Labute approximate surface area is 181 Å². The first kappa shape index (κ1) is 22.3. The van der Waals surface area contributed by atoms with E-state index < -0.39 is 7.60 Å². The van der Waals surface area contributed by atoms with Crippen molar-refractivity contribution >= 4 is 77.2 Å². The lowest BCUT2D eigenvalue weighted by atomic mass is 10.3. The fourth-order valence-electron chi connectivity index (χ4n) is 2.05. The van der Waals surface area contributed by atoms with Crippen LogP contribution in [0, 0.1) is 5.92 Å². The molecule has 0 saturated heterocycles. The maximum Gasteiger partial charge on any atom is 0.431 e. The van der Waals surface area contributed by atoms with Crippen molar-refractivity contribution in [1.29, 1.82) is 0 Å². The molecule has 2 aromatic rings. The second-order valence-corrected chi connectivity index (χ2v) is 10.2. The highest BCUT2D eigenvalue weighted by atomic mass is 35.5. The predicted octanol–water partition coefficient (Wildman–Crippen LogP) is 8.91. The van der Waals surface area contributed by atoms with Gasteiger partial charge in [0.25, 0.3) is 0 Å². The van der Waals surface area contributed by atoms with Crippen LogP contribution in [0.4, 0.5) is 0 Å². The lowest BCUT2D eigenvalue weighted by Crippen LogP contribution is -2.10. The molecule has 0 spiro atoms. The van der Waals surface area contributed by atoms with Gasteiger partial charge < -0.3 is 9.05 Å². The molecule has 0 bridgehead atoms. The summed E-state index contributed by atoms with van der Waals surface area (Å²) in [6.45, 7) is 3.71. The molecule has 0 saturated carbocycles. The van der Waals surface area contributed by atoms with Crippen LogP contribution >= 0.6 is 77.2 Å². The standard InChI is InChI=1S/C16H13Cl6O3P/c1-8(2)7-26(23,24-15-11(19)3-9(17)4-12(15)20)25-16-13(21)5-10(18)6-14(16)22/h3-6,8H,7H2,1-2H3. The molecule has 0 atom stereocenters. The molecule has 3 nitrogen and oxygen atoms in total. The fraction of sp³-hybridized carbons (Fsp3) is 0.250. The number of hydrogen-bond acceptors (Lipinski definition) is 3. The molecular weight excluding hydrogens is 484 g/mol. The largest absolute Gasteiger partial charge is 0.431 e. The van der Waals surface area contributed by atoms with Gasteiger partial charge in [-0.1, -0.05) is 83.5 Å². The molecule has 0 heterocycles. The molecular formula is C16H13Cl6O3P. The number of halogens is 6. The van der Waals surface area contributed by atoms with Gasteiger partial charge in [-0.15, -0.1) is 0 Å². The van der Waals surface area contributed by atoms with E-state index in [1.54, 1.807) is 0 Å². The van der Waals surface area contributed by atoms with Crippen molar-refractivity contribution in [3.8, 4) is 11.5 Å². The summed E-state index contributed by atoms with van der Waals surface area (Å²) in [7, 11) is -3.78. The van der Waals surface area contributed by atoms with Gasteiger partial charge in [0.2, 0.25) is 0 Å². The molecule has 0 fully saturated rings. The van der Waals surface area contributed by atoms with Crippen LogP contribution in [0.15, 0.2) is 24.3 Å². The quantitative estimate of drug-likeness (QED) is 0.374. The summed E-state index contributed by atoms with van der Waals surface area (Å²) in [5.41, 5.74) is 0. The molecule has 2 aromatic carbocycles. The SMILES string of the molecule is CC(C)CP(=O)(Oc1c(Cl)cc(Cl)cc1Cl)Oc1c(Cl)cc(Cl)cc1Cl. The van der Waals surface area contributed by atoms with E-state index in [0.717, 1.165) is 0 Å². The van der Waals surface area contributed by atoms with Crippen molar-refractivity contribution in [2.45, 2.75) is 13.8 Å². The number of rotatable bonds is 6. The van der Waals surface area contributed by atoms with Gasteiger partial charge >= 0.3 is 7.60 Å². The minimum absolute atomic E-state index is 0.00271. The summed E-state index contributed by atoms with van der Waals surface area (Å²) in [6, 6.07) is 5.69. The van der Waals surface area contributed by atoms with Crippen molar-refractivity contribution in [3.05, 3.63) is 54.4 Å². The zero-order valence-corrected chi connectivity index (χ0v) is 19.0. The van der Waals surface area contributed by atoms with Crippen LogP contribution in [0.5, 0.6) is 11.5 Å². The minimum atomic E-state index is -3.78. The Morgan fingerprint density at radius 3 is 1.35 bits per heavy atom. The highest BCUT2D eigenvalue weighted by Crippen LogP contribution is 2.55. The highest BCUT2D eigenvalue weighted by Gasteiger charge is 2.33. The molecule has 0 radical (unpaired) electrons. The van der Waals surface area contributed by atoms with Gasteiger partial charge in [-0.25, -0.2) is 4.57 Å². The zero-order chi connectivity index (χ0) is 19.6.